The molecule has 0 unspecified atom stereocenters. The van der Waals surface area contributed by atoms with E-state index < -0.39 is 6.04 Å². The van der Waals surface area contributed by atoms with Gasteiger partial charge in [0.05, 0.1) is 26.3 Å². The van der Waals surface area contributed by atoms with E-state index in [4.69, 9.17) is 9.41 Å². The van der Waals surface area contributed by atoms with Crippen molar-refractivity contribution in [3.05, 3.63) is 131 Å². The minimum Gasteiger partial charge on any atom is -0.449 e. The van der Waals surface area contributed by atoms with Crippen LogP contribution in [0.15, 0.2) is 113 Å². The number of furan rings is 1. The number of fused-ring (bicyclic) bond motifs is 1. The molecule has 0 radical (unpaired) electrons. The van der Waals surface area contributed by atoms with Crippen LogP contribution in [0, 0.1) is 6.92 Å². The lowest BCUT2D eigenvalue weighted by molar-refractivity contribution is -0.113. The van der Waals surface area contributed by atoms with Gasteiger partial charge in [-0.2, -0.15) is 0 Å². The summed E-state index contributed by atoms with van der Waals surface area (Å²) in [6.45, 7) is 7.97. The molecule has 0 aliphatic carbocycles. The van der Waals surface area contributed by atoms with Crippen molar-refractivity contribution < 1.29 is 9.21 Å². The van der Waals surface area contributed by atoms with E-state index in [1.807, 2.05) is 68.4 Å². The van der Waals surface area contributed by atoms with Crippen molar-refractivity contribution in [1.82, 2.24) is 14.5 Å². The summed E-state index contributed by atoms with van der Waals surface area (Å²) in [5.74, 6) is 0.532. The Morgan fingerprint density at radius 1 is 1.11 bits per heavy atom. The van der Waals surface area contributed by atoms with Crippen molar-refractivity contribution >= 4 is 56.7 Å². The van der Waals surface area contributed by atoms with Crippen molar-refractivity contribution in [3.8, 4) is 0 Å². The third kappa shape index (κ3) is 6.12. The number of anilines is 1. The summed E-state index contributed by atoms with van der Waals surface area (Å²) >= 11 is 6.11. The maximum atomic E-state index is 14.1. The molecule has 3 aromatic heterocycles. The molecule has 44 heavy (non-hydrogen) atoms. The minimum atomic E-state index is -0.661. The summed E-state index contributed by atoms with van der Waals surface area (Å²) in [5, 5.41) is 4.13. The van der Waals surface area contributed by atoms with Crippen LogP contribution in [-0.2, 0) is 4.79 Å². The monoisotopic (exact) mass is 685 g/mol. The number of halogens is 1. The molecular weight excluding hydrogens is 658 g/mol. The van der Waals surface area contributed by atoms with Gasteiger partial charge in [-0.3, -0.25) is 14.2 Å². The molecule has 1 aliphatic heterocycles. The highest BCUT2D eigenvalue weighted by atomic mass is 79.9. The lowest BCUT2D eigenvalue weighted by atomic mass is 9.93. The van der Waals surface area contributed by atoms with E-state index in [1.54, 1.807) is 16.8 Å². The first-order chi connectivity index (χ1) is 21.2. The molecule has 1 N–H and O–H groups in total. The fourth-order valence-electron chi connectivity index (χ4n) is 4.91. The van der Waals surface area contributed by atoms with Gasteiger partial charge in [-0.1, -0.05) is 67.6 Å². The van der Waals surface area contributed by atoms with Gasteiger partial charge in [0.2, 0.25) is 0 Å². The van der Waals surface area contributed by atoms with Crippen LogP contribution >= 0.6 is 39.0 Å². The van der Waals surface area contributed by atoms with Crippen LogP contribution < -0.4 is 20.2 Å². The molecule has 8 nitrogen and oxygen atoms in total. The summed E-state index contributed by atoms with van der Waals surface area (Å²) in [7, 11) is 0. The van der Waals surface area contributed by atoms with Crippen LogP contribution in [0.3, 0.4) is 0 Å². The molecule has 222 valence electrons. The second-order valence-electron chi connectivity index (χ2n) is 10.6. The van der Waals surface area contributed by atoms with Crippen molar-refractivity contribution in [1.29, 1.82) is 0 Å². The number of nitrogens with one attached hydrogen (secondary N) is 1. The van der Waals surface area contributed by atoms with Gasteiger partial charge in [-0.05, 0) is 82.8 Å². The van der Waals surface area contributed by atoms with Crippen LogP contribution in [0.2, 0.25) is 0 Å². The molecule has 0 fully saturated rings. The molecular formula is C33H28BrN5O3S2. The Bertz CT molecular complexity index is 2080. The van der Waals surface area contributed by atoms with E-state index in [9.17, 15) is 9.59 Å². The molecule has 0 bridgehead atoms. The number of benzene rings is 2. The predicted molar refractivity (Wildman–Crippen MR) is 177 cm³/mol. The van der Waals surface area contributed by atoms with Gasteiger partial charge in [0.25, 0.3) is 11.5 Å². The molecule has 1 atom stereocenters. The number of amides is 1. The van der Waals surface area contributed by atoms with Gasteiger partial charge < -0.3 is 9.73 Å². The van der Waals surface area contributed by atoms with Crippen LogP contribution in [0.4, 0.5) is 5.69 Å². The summed E-state index contributed by atoms with van der Waals surface area (Å²) in [4.78, 5) is 41.8. The zero-order valence-corrected chi connectivity index (χ0v) is 27.6. The summed E-state index contributed by atoms with van der Waals surface area (Å²) in [6.07, 6.45) is 3.41. The molecule has 2 aromatic carbocycles. The number of hydrogen-bond acceptors (Lipinski definition) is 8. The molecule has 0 saturated carbocycles. The average molecular weight is 687 g/mol. The number of thiazole rings is 1. The SMILES string of the molecule is CC1=C(C(=O)Nc2ccccc2)[C@H](c2ccc(C(C)C)cc2)n2c(s/c(=C/c3cc(Br)c(Sc4nccc(C)n4)o3)c2=O)=N1. The van der Waals surface area contributed by atoms with Crippen LogP contribution in [0.5, 0.6) is 0 Å². The average Bonchev–Trinajstić information content (AvgIpc) is 3.49. The number of hydrogen-bond donors (Lipinski definition) is 1. The second kappa shape index (κ2) is 12.5. The molecule has 0 saturated heterocycles. The molecule has 5 aromatic rings. The molecule has 4 heterocycles. The lowest BCUT2D eigenvalue weighted by Crippen LogP contribution is -2.40. The number of allylic oxidation sites excluding steroid dienone is 1. The first kappa shape index (κ1) is 30.0. The Morgan fingerprint density at radius 3 is 2.57 bits per heavy atom. The number of aromatic nitrogens is 3. The third-order valence-corrected chi connectivity index (χ3v) is 9.82. The second-order valence-corrected chi connectivity index (χ2v) is 13.4. The standard InChI is InChI=1S/C33H28BrN5O3S2/c1-18(2)21-10-12-22(13-11-21)28-27(29(40)38-23-8-6-5-7-9-23)20(4)37-33-39(28)30(41)26(43-33)17-24-16-25(34)31(42-24)44-32-35-15-14-19(3)36-32/h5-18,28H,1-4H3,(H,38,40)/b26-17+/t28-/m0/s1. The zero-order chi connectivity index (χ0) is 31.0. The maximum Gasteiger partial charge on any atom is 0.271 e. The van der Waals surface area contributed by atoms with Crippen LogP contribution in [-0.4, -0.2) is 20.4 Å². The molecule has 11 heteroatoms. The highest BCUT2D eigenvalue weighted by Crippen LogP contribution is 2.35. The molecule has 6 rings (SSSR count). The number of para-hydroxylation sites is 1. The van der Waals surface area contributed by atoms with Crippen molar-refractivity contribution in [3.63, 3.8) is 0 Å². The number of carbonyl (C=O) groups is 1. The van der Waals surface area contributed by atoms with Crippen molar-refractivity contribution in [2.45, 2.75) is 49.9 Å². The third-order valence-electron chi connectivity index (χ3n) is 7.12. The maximum absolute atomic E-state index is 14.1. The van der Waals surface area contributed by atoms with Crippen molar-refractivity contribution in [2.24, 2.45) is 4.99 Å². The first-order valence-electron chi connectivity index (χ1n) is 13.9. The fraction of sp³-hybridized carbons (Fsp3) is 0.182. The van der Waals surface area contributed by atoms with E-state index in [0.29, 0.717) is 48.2 Å². The van der Waals surface area contributed by atoms with Gasteiger partial charge in [0, 0.05) is 23.7 Å². The van der Waals surface area contributed by atoms with E-state index in [2.05, 4.69) is 57.2 Å². The predicted octanol–water partition coefficient (Wildman–Crippen LogP) is 6.60. The summed E-state index contributed by atoms with van der Waals surface area (Å²) in [6, 6.07) is 20.3. The Morgan fingerprint density at radius 2 is 1.86 bits per heavy atom. The van der Waals surface area contributed by atoms with Crippen LogP contribution in [0.25, 0.3) is 6.08 Å². The fourth-order valence-corrected chi connectivity index (χ4v) is 7.25. The Labute approximate surface area is 270 Å². The zero-order valence-electron chi connectivity index (χ0n) is 24.4. The molecule has 0 spiro atoms. The van der Waals surface area contributed by atoms with E-state index >= 15 is 0 Å². The van der Waals surface area contributed by atoms with E-state index in [0.717, 1.165) is 15.7 Å². The summed E-state index contributed by atoms with van der Waals surface area (Å²) in [5.41, 5.74) is 4.24. The van der Waals surface area contributed by atoms with Gasteiger partial charge in [-0.15, -0.1) is 0 Å². The largest absolute Gasteiger partial charge is 0.449 e. The Kier molecular flexibility index (Phi) is 8.53. The Hall–Kier alpha value is -4.06. The smallest absolute Gasteiger partial charge is 0.271 e. The normalized spacial score (nSPS) is 15.0. The van der Waals surface area contributed by atoms with E-state index in [-0.39, 0.29) is 11.5 Å². The quantitative estimate of drug-likeness (QED) is 0.194. The van der Waals surface area contributed by atoms with E-state index in [1.165, 1.54) is 28.7 Å². The van der Waals surface area contributed by atoms with Gasteiger partial charge in [-0.25, -0.2) is 15.0 Å². The first-order valence-corrected chi connectivity index (χ1v) is 16.4. The molecule has 1 aliphatic rings. The Balaban J connectivity index is 1.43. The molecule has 1 amide bonds. The number of carbonyl (C=O) groups excluding carboxylic acids is 1. The van der Waals surface area contributed by atoms with Gasteiger partial charge in [0.1, 0.15) is 5.76 Å². The topological polar surface area (TPSA) is 102 Å². The van der Waals surface area contributed by atoms with Gasteiger partial charge in [0.15, 0.2) is 15.1 Å². The highest BCUT2D eigenvalue weighted by molar-refractivity contribution is 9.10. The number of rotatable bonds is 7. The lowest BCUT2D eigenvalue weighted by Gasteiger charge is -2.25. The van der Waals surface area contributed by atoms with Crippen LogP contribution in [0.1, 0.15) is 55.3 Å². The number of nitrogens with zero attached hydrogens (tertiary/aromatic N) is 4. The highest BCUT2D eigenvalue weighted by Gasteiger charge is 2.32. The minimum absolute atomic E-state index is 0.257. The number of aryl methyl sites for hydroxylation is 1. The van der Waals surface area contributed by atoms with Crippen molar-refractivity contribution in [2.75, 3.05) is 5.32 Å². The van der Waals surface area contributed by atoms with Gasteiger partial charge >= 0.3 is 0 Å². The summed E-state index contributed by atoms with van der Waals surface area (Å²) < 4.78 is 8.86.